The number of hydrogen-bond donors (Lipinski definition) is 0. The molecular formula is C28H28N2O11. The van der Waals surface area contributed by atoms with E-state index in [4.69, 9.17) is 28.5 Å². The molecule has 13 heteroatoms. The van der Waals surface area contributed by atoms with Gasteiger partial charge in [0.15, 0.2) is 18.0 Å². The minimum Gasteiger partial charge on any atom is -0.463 e. The Morgan fingerprint density at radius 3 is 2.00 bits per heavy atom. The Hall–Kier alpha value is -4.78. The number of para-hydroxylation sites is 1. The first kappa shape index (κ1) is 29.2. The van der Waals surface area contributed by atoms with E-state index in [0.717, 1.165) is 32.4 Å². The summed E-state index contributed by atoms with van der Waals surface area (Å²) in [6.07, 6.45) is -7.26. The van der Waals surface area contributed by atoms with Gasteiger partial charge in [0, 0.05) is 33.3 Å². The van der Waals surface area contributed by atoms with Crippen LogP contribution in [0.25, 0.3) is 22.3 Å². The average molecular weight is 569 g/mol. The highest BCUT2D eigenvalue weighted by molar-refractivity contribution is 5.79. The number of rotatable bonds is 8. The van der Waals surface area contributed by atoms with Gasteiger partial charge in [-0.05, 0) is 12.1 Å². The first-order chi connectivity index (χ1) is 19.5. The van der Waals surface area contributed by atoms with E-state index >= 15 is 0 Å². The average Bonchev–Trinajstić information content (AvgIpc) is 2.92. The summed E-state index contributed by atoms with van der Waals surface area (Å²) in [4.78, 5) is 72.2. The van der Waals surface area contributed by atoms with Crippen molar-refractivity contribution in [1.82, 2.24) is 9.71 Å². The van der Waals surface area contributed by atoms with Crippen LogP contribution in [0.3, 0.4) is 0 Å². The Balaban J connectivity index is 1.86. The maximum atomic E-state index is 13.7. The summed E-state index contributed by atoms with van der Waals surface area (Å²) in [5.41, 5.74) is 0.307. The zero-order valence-electron chi connectivity index (χ0n) is 22.7. The molecule has 0 saturated carbocycles. The second-order valence-electron chi connectivity index (χ2n) is 9.09. The number of fused-ring (bicyclic) bond motifs is 1. The van der Waals surface area contributed by atoms with Crippen LogP contribution >= 0.6 is 0 Å². The lowest BCUT2D eigenvalue weighted by molar-refractivity contribution is -0.307. The Bertz CT molecular complexity index is 1500. The highest BCUT2D eigenvalue weighted by atomic mass is 16.8. The van der Waals surface area contributed by atoms with Gasteiger partial charge in [-0.15, -0.1) is 4.73 Å². The minimum absolute atomic E-state index is 0.0992. The maximum absolute atomic E-state index is 13.7. The number of aromatic nitrogens is 2. The van der Waals surface area contributed by atoms with E-state index in [1.807, 2.05) is 0 Å². The fourth-order valence-corrected chi connectivity index (χ4v) is 4.36. The van der Waals surface area contributed by atoms with Crippen molar-refractivity contribution in [2.24, 2.45) is 0 Å². The molecule has 2 heterocycles. The van der Waals surface area contributed by atoms with Crippen molar-refractivity contribution in [3.63, 3.8) is 0 Å². The molecule has 41 heavy (non-hydrogen) atoms. The van der Waals surface area contributed by atoms with Crippen molar-refractivity contribution in [2.75, 3.05) is 6.61 Å². The van der Waals surface area contributed by atoms with Gasteiger partial charge in [0.2, 0.25) is 6.10 Å². The van der Waals surface area contributed by atoms with E-state index in [1.54, 1.807) is 54.6 Å². The molecule has 1 saturated heterocycles. The SMILES string of the molecule is CC(=O)OC[C@@H]1O[C@H](On2c(-c3ccccc3)nc3ccccc3c2=O)[C@@H](OC(C)=O)[C@H](OC(C)=O)[C@H]1OC(C)=O. The van der Waals surface area contributed by atoms with Crippen LogP contribution in [0.1, 0.15) is 27.7 Å². The number of carbonyl (C=O) groups excluding carboxylic acids is 4. The highest BCUT2D eigenvalue weighted by Gasteiger charge is 2.54. The van der Waals surface area contributed by atoms with Crippen molar-refractivity contribution in [1.29, 1.82) is 0 Å². The van der Waals surface area contributed by atoms with Crippen molar-refractivity contribution >= 4 is 34.8 Å². The fourth-order valence-electron chi connectivity index (χ4n) is 4.36. The molecule has 2 aromatic carbocycles. The zero-order chi connectivity index (χ0) is 29.7. The third-order valence-electron chi connectivity index (χ3n) is 5.93. The van der Waals surface area contributed by atoms with Crippen LogP contribution in [0.2, 0.25) is 0 Å². The van der Waals surface area contributed by atoms with Crippen LogP contribution in [-0.4, -0.2) is 70.9 Å². The van der Waals surface area contributed by atoms with Gasteiger partial charge in [-0.25, -0.2) is 4.98 Å². The van der Waals surface area contributed by atoms with E-state index < -0.39 is 66.7 Å². The summed E-state index contributed by atoms with van der Waals surface area (Å²) >= 11 is 0. The minimum atomic E-state index is -1.63. The van der Waals surface area contributed by atoms with E-state index in [1.165, 1.54) is 0 Å². The van der Waals surface area contributed by atoms with Gasteiger partial charge in [0.25, 0.3) is 11.8 Å². The van der Waals surface area contributed by atoms with Gasteiger partial charge < -0.3 is 28.5 Å². The lowest BCUT2D eigenvalue weighted by atomic mass is 9.98. The molecular weight excluding hydrogens is 540 g/mol. The van der Waals surface area contributed by atoms with E-state index in [2.05, 4.69) is 4.98 Å². The lowest BCUT2D eigenvalue weighted by Gasteiger charge is -2.43. The Morgan fingerprint density at radius 2 is 1.37 bits per heavy atom. The monoisotopic (exact) mass is 568 g/mol. The molecule has 4 rings (SSSR count). The molecule has 3 aromatic rings. The van der Waals surface area contributed by atoms with Crippen molar-refractivity contribution in [3.8, 4) is 11.4 Å². The Morgan fingerprint density at radius 1 is 0.780 bits per heavy atom. The normalized spacial score (nSPS) is 21.9. The van der Waals surface area contributed by atoms with Crippen LogP contribution in [0.15, 0.2) is 59.4 Å². The molecule has 216 valence electrons. The quantitative estimate of drug-likeness (QED) is 0.286. The second kappa shape index (κ2) is 12.6. The molecule has 0 radical (unpaired) electrons. The fraction of sp³-hybridized carbons (Fsp3) is 0.357. The van der Waals surface area contributed by atoms with Crippen molar-refractivity contribution < 1.29 is 47.7 Å². The number of nitrogens with zero attached hydrogens (tertiary/aromatic N) is 2. The molecule has 1 fully saturated rings. The second-order valence-corrected chi connectivity index (χ2v) is 9.09. The molecule has 0 amide bonds. The predicted octanol–water partition coefficient (Wildman–Crippen LogP) is 1.58. The van der Waals surface area contributed by atoms with Gasteiger partial charge in [0.1, 0.15) is 12.7 Å². The summed E-state index contributed by atoms with van der Waals surface area (Å²) < 4.78 is 28.3. The summed E-state index contributed by atoms with van der Waals surface area (Å²) in [6.45, 7) is 4.03. The number of esters is 4. The van der Waals surface area contributed by atoms with Crippen LogP contribution in [0.5, 0.6) is 0 Å². The van der Waals surface area contributed by atoms with Gasteiger partial charge in [-0.2, -0.15) is 0 Å². The molecule has 0 spiro atoms. The number of hydrogen-bond acceptors (Lipinski definition) is 12. The van der Waals surface area contributed by atoms with Crippen LogP contribution in [-0.2, 0) is 42.9 Å². The molecule has 1 aromatic heterocycles. The topological polar surface area (TPSA) is 159 Å². The summed E-state index contributed by atoms with van der Waals surface area (Å²) in [5, 5.41) is 0.220. The maximum Gasteiger partial charge on any atom is 0.303 e. The standard InChI is InChI=1S/C28H28N2O11/c1-15(31)36-14-22-23(37-16(2)32)24(38-17(3)33)25(39-18(4)34)28(40-22)41-30-26(19-10-6-5-7-11-19)29-21-13-9-8-12-20(21)27(30)35/h5-13,22-25,28H,14H2,1-4H3/t22-,23-,24+,25-,28+/m0/s1. The van der Waals surface area contributed by atoms with Crippen molar-refractivity contribution in [3.05, 3.63) is 65.0 Å². The molecule has 0 unspecified atom stereocenters. The largest absolute Gasteiger partial charge is 0.463 e. The third kappa shape index (κ3) is 6.87. The molecule has 1 aliphatic heterocycles. The molecule has 5 atom stereocenters. The molecule has 0 bridgehead atoms. The Labute approximate surface area is 233 Å². The van der Waals surface area contributed by atoms with Gasteiger partial charge in [-0.3, -0.25) is 24.0 Å². The van der Waals surface area contributed by atoms with Crippen LogP contribution in [0, 0.1) is 0 Å². The lowest BCUT2D eigenvalue weighted by Crippen LogP contribution is -2.64. The number of benzene rings is 2. The van der Waals surface area contributed by atoms with Crippen LogP contribution in [0.4, 0.5) is 0 Å². The van der Waals surface area contributed by atoms with Gasteiger partial charge >= 0.3 is 23.9 Å². The number of carbonyl (C=O) groups is 4. The first-order valence-corrected chi connectivity index (χ1v) is 12.6. The zero-order valence-corrected chi connectivity index (χ0v) is 22.7. The highest BCUT2D eigenvalue weighted by Crippen LogP contribution is 2.30. The van der Waals surface area contributed by atoms with Crippen molar-refractivity contribution in [2.45, 2.75) is 58.4 Å². The number of ether oxygens (including phenoxy) is 5. The van der Waals surface area contributed by atoms with E-state index in [0.29, 0.717) is 11.1 Å². The van der Waals surface area contributed by atoms with Crippen LogP contribution < -0.4 is 10.4 Å². The summed E-state index contributed by atoms with van der Waals surface area (Å²) in [5.74, 6) is -2.95. The molecule has 13 nitrogen and oxygen atoms in total. The van der Waals surface area contributed by atoms with E-state index in [9.17, 15) is 24.0 Å². The van der Waals surface area contributed by atoms with Gasteiger partial charge in [0.05, 0.1) is 10.9 Å². The molecule has 0 N–H and O–H groups in total. The first-order valence-electron chi connectivity index (χ1n) is 12.6. The van der Waals surface area contributed by atoms with Gasteiger partial charge in [-0.1, -0.05) is 42.5 Å². The van der Waals surface area contributed by atoms with E-state index in [-0.39, 0.29) is 11.2 Å². The smallest absolute Gasteiger partial charge is 0.303 e. The third-order valence-corrected chi connectivity index (χ3v) is 5.93. The Kier molecular flexibility index (Phi) is 8.97. The predicted molar refractivity (Wildman–Crippen MR) is 140 cm³/mol. The summed E-state index contributed by atoms with van der Waals surface area (Å²) in [6, 6.07) is 15.3. The molecule has 0 aliphatic carbocycles. The molecule has 1 aliphatic rings. The summed E-state index contributed by atoms with van der Waals surface area (Å²) in [7, 11) is 0.